The second-order valence-electron chi connectivity index (χ2n) is 7.23. The molecule has 4 rings (SSSR count). The second-order valence-corrected chi connectivity index (χ2v) is 7.66. The van der Waals surface area contributed by atoms with E-state index in [1.165, 1.54) is 18.9 Å². The molecule has 0 atom stereocenters. The SMILES string of the molecule is Fc1cc(OCCN2CCCC2)ccc1C#Cc1ccc(-c2ccc(Cl)cc2)cn1. The van der Waals surface area contributed by atoms with E-state index in [0.29, 0.717) is 28.6 Å². The second kappa shape index (κ2) is 9.75. The molecule has 1 saturated heterocycles. The van der Waals surface area contributed by atoms with Crippen LogP contribution in [0.1, 0.15) is 24.1 Å². The predicted octanol–water partition coefficient (Wildman–Crippen LogP) is 5.42. The molecule has 1 aliphatic heterocycles. The Kier molecular flexibility index (Phi) is 6.63. The highest BCUT2D eigenvalue weighted by Gasteiger charge is 2.11. The highest BCUT2D eigenvalue weighted by atomic mass is 35.5. The Bertz CT molecular complexity index is 1050. The summed E-state index contributed by atoms with van der Waals surface area (Å²) in [5.41, 5.74) is 2.90. The van der Waals surface area contributed by atoms with E-state index in [0.717, 1.165) is 30.8 Å². The molecule has 0 spiro atoms. The van der Waals surface area contributed by atoms with Gasteiger partial charge in [-0.25, -0.2) is 9.37 Å². The number of ether oxygens (including phenoxy) is 1. The topological polar surface area (TPSA) is 25.4 Å². The van der Waals surface area contributed by atoms with Gasteiger partial charge in [-0.3, -0.25) is 4.90 Å². The first-order valence-corrected chi connectivity index (χ1v) is 10.4. The van der Waals surface area contributed by atoms with Gasteiger partial charge in [0, 0.05) is 29.4 Å². The number of pyridine rings is 1. The van der Waals surface area contributed by atoms with Crippen molar-refractivity contribution in [2.45, 2.75) is 12.8 Å². The Balaban J connectivity index is 1.37. The summed E-state index contributed by atoms with van der Waals surface area (Å²) in [4.78, 5) is 6.72. The van der Waals surface area contributed by atoms with Crippen LogP contribution < -0.4 is 4.74 Å². The van der Waals surface area contributed by atoms with Crippen LogP contribution in [0.2, 0.25) is 5.02 Å². The molecule has 0 amide bonds. The molecule has 0 bridgehead atoms. The first-order chi connectivity index (χ1) is 14.7. The van der Waals surface area contributed by atoms with E-state index in [4.69, 9.17) is 16.3 Å². The van der Waals surface area contributed by atoms with Gasteiger partial charge < -0.3 is 4.74 Å². The summed E-state index contributed by atoms with van der Waals surface area (Å²) in [5.74, 6) is 5.92. The molecule has 1 aromatic heterocycles. The fourth-order valence-corrected chi connectivity index (χ4v) is 3.52. The molecule has 0 aliphatic carbocycles. The minimum Gasteiger partial charge on any atom is -0.492 e. The quantitative estimate of drug-likeness (QED) is 0.515. The van der Waals surface area contributed by atoms with Crippen LogP contribution in [0.5, 0.6) is 5.75 Å². The Hall–Kier alpha value is -2.87. The van der Waals surface area contributed by atoms with Crippen molar-refractivity contribution in [2.75, 3.05) is 26.2 Å². The molecule has 3 nitrogen and oxygen atoms in total. The minimum atomic E-state index is -0.390. The zero-order valence-electron chi connectivity index (χ0n) is 16.6. The molecule has 1 aliphatic rings. The number of hydrogen-bond donors (Lipinski definition) is 0. The van der Waals surface area contributed by atoms with Gasteiger partial charge in [0.05, 0.1) is 5.56 Å². The van der Waals surface area contributed by atoms with Crippen molar-refractivity contribution in [1.82, 2.24) is 9.88 Å². The number of benzene rings is 2. The van der Waals surface area contributed by atoms with Gasteiger partial charge in [0.1, 0.15) is 23.9 Å². The summed E-state index contributed by atoms with van der Waals surface area (Å²) < 4.78 is 20.1. The zero-order valence-corrected chi connectivity index (χ0v) is 17.3. The van der Waals surface area contributed by atoms with Crippen LogP contribution in [0.15, 0.2) is 60.8 Å². The Labute approximate surface area is 181 Å². The van der Waals surface area contributed by atoms with E-state index < -0.39 is 0 Å². The molecule has 1 fully saturated rings. The third-order valence-corrected chi connectivity index (χ3v) is 5.33. The van der Waals surface area contributed by atoms with Crippen LogP contribution in [0.25, 0.3) is 11.1 Å². The lowest BCUT2D eigenvalue weighted by atomic mass is 10.1. The number of hydrogen-bond acceptors (Lipinski definition) is 3. The Morgan fingerprint density at radius 1 is 0.967 bits per heavy atom. The van der Waals surface area contributed by atoms with Crippen molar-refractivity contribution in [2.24, 2.45) is 0 Å². The third-order valence-electron chi connectivity index (χ3n) is 5.08. The maximum Gasteiger partial charge on any atom is 0.142 e. The van der Waals surface area contributed by atoms with E-state index in [1.807, 2.05) is 36.4 Å². The average Bonchev–Trinajstić information content (AvgIpc) is 3.28. The van der Waals surface area contributed by atoms with Crippen LogP contribution in [-0.2, 0) is 0 Å². The number of aromatic nitrogens is 1. The molecule has 2 heterocycles. The van der Waals surface area contributed by atoms with Gasteiger partial charge in [0.2, 0.25) is 0 Å². The summed E-state index contributed by atoms with van der Waals surface area (Å²) in [7, 11) is 0. The molecule has 2 aromatic carbocycles. The molecule has 3 aromatic rings. The largest absolute Gasteiger partial charge is 0.492 e. The van der Waals surface area contributed by atoms with E-state index in [-0.39, 0.29) is 5.82 Å². The van der Waals surface area contributed by atoms with Crippen molar-refractivity contribution < 1.29 is 9.13 Å². The first kappa shape index (κ1) is 20.4. The lowest BCUT2D eigenvalue weighted by Crippen LogP contribution is -2.25. The molecular formula is C25H22ClFN2O. The fourth-order valence-electron chi connectivity index (χ4n) is 3.40. The minimum absolute atomic E-state index is 0.325. The van der Waals surface area contributed by atoms with Crippen molar-refractivity contribution >= 4 is 11.6 Å². The van der Waals surface area contributed by atoms with E-state index in [2.05, 4.69) is 21.7 Å². The van der Waals surface area contributed by atoms with Crippen LogP contribution >= 0.6 is 11.6 Å². The lowest BCUT2D eigenvalue weighted by Gasteiger charge is -2.14. The summed E-state index contributed by atoms with van der Waals surface area (Å²) in [6, 6.07) is 16.1. The highest BCUT2D eigenvalue weighted by Crippen LogP contribution is 2.21. The van der Waals surface area contributed by atoms with Gasteiger partial charge in [-0.1, -0.05) is 35.7 Å². The van der Waals surface area contributed by atoms with Crippen molar-refractivity contribution in [3.8, 4) is 28.7 Å². The average molecular weight is 421 g/mol. The molecule has 0 radical (unpaired) electrons. The van der Waals surface area contributed by atoms with Gasteiger partial charge in [-0.05, 0) is 67.7 Å². The van der Waals surface area contributed by atoms with Crippen LogP contribution in [-0.4, -0.2) is 36.1 Å². The van der Waals surface area contributed by atoms with Crippen molar-refractivity contribution in [1.29, 1.82) is 0 Å². The van der Waals surface area contributed by atoms with Crippen molar-refractivity contribution in [3.63, 3.8) is 0 Å². The molecular weight excluding hydrogens is 399 g/mol. The first-order valence-electron chi connectivity index (χ1n) is 10.1. The lowest BCUT2D eigenvalue weighted by molar-refractivity contribution is 0.237. The third kappa shape index (κ3) is 5.38. The number of rotatable bonds is 5. The summed E-state index contributed by atoms with van der Waals surface area (Å²) in [6.07, 6.45) is 4.25. The standard InChI is InChI=1S/C25H22ClFN2O/c26-22-8-3-19(4-9-22)21-6-11-23(28-18-21)10-5-20-7-12-24(17-25(20)27)30-16-15-29-13-1-2-14-29/h3-4,6-9,11-12,17-18H,1-2,13-16H2. The molecule has 152 valence electrons. The molecule has 5 heteroatoms. The van der Waals surface area contributed by atoms with Gasteiger partial charge in [0.25, 0.3) is 0 Å². The summed E-state index contributed by atoms with van der Waals surface area (Å²) in [5, 5.41) is 0.694. The molecule has 30 heavy (non-hydrogen) atoms. The number of likely N-dealkylation sites (tertiary alicyclic amines) is 1. The molecule has 0 saturated carbocycles. The summed E-state index contributed by atoms with van der Waals surface area (Å²) in [6.45, 7) is 3.69. The Morgan fingerprint density at radius 2 is 1.73 bits per heavy atom. The van der Waals surface area contributed by atoms with Crippen LogP contribution in [0.4, 0.5) is 4.39 Å². The molecule has 0 unspecified atom stereocenters. The smallest absolute Gasteiger partial charge is 0.142 e. The maximum atomic E-state index is 14.4. The normalized spacial score (nSPS) is 13.7. The van der Waals surface area contributed by atoms with Gasteiger partial charge in [-0.2, -0.15) is 0 Å². The van der Waals surface area contributed by atoms with Gasteiger partial charge >= 0.3 is 0 Å². The van der Waals surface area contributed by atoms with Gasteiger partial charge in [0.15, 0.2) is 0 Å². The van der Waals surface area contributed by atoms with Crippen LogP contribution in [0.3, 0.4) is 0 Å². The number of halogens is 2. The molecule has 0 N–H and O–H groups in total. The van der Waals surface area contributed by atoms with Gasteiger partial charge in [-0.15, -0.1) is 0 Å². The van der Waals surface area contributed by atoms with E-state index in [1.54, 1.807) is 18.3 Å². The van der Waals surface area contributed by atoms with E-state index in [9.17, 15) is 4.39 Å². The highest BCUT2D eigenvalue weighted by molar-refractivity contribution is 6.30. The summed E-state index contributed by atoms with van der Waals surface area (Å²) >= 11 is 5.92. The monoisotopic (exact) mass is 420 g/mol. The predicted molar refractivity (Wildman–Crippen MR) is 118 cm³/mol. The Morgan fingerprint density at radius 3 is 2.43 bits per heavy atom. The zero-order chi connectivity index (χ0) is 20.8. The van der Waals surface area contributed by atoms with Crippen LogP contribution in [0, 0.1) is 17.7 Å². The van der Waals surface area contributed by atoms with E-state index >= 15 is 0 Å². The maximum absolute atomic E-state index is 14.4. The number of nitrogens with zero attached hydrogens (tertiary/aromatic N) is 2. The fraction of sp³-hybridized carbons (Fsp3) is 0.240. The van der Waals surface area contributed by atoms with Crippen molar-refractivity contribution in [3.05, 3.63) is 82.9 Å².